The molecule has 2 rings (SSSR count). The van der Waals surface area contributed by atoms with Crippen molar-refractivity contribution in [1.82, 2.24) is 4.90 Å². The molecule has 2 N–H and O–H groups in total. The highest BCUT2D eigenvalue weighted by Gasteiger charge is 2.31. The van der Waals surface area contributed by atoms with Crippen molar-refractivity contribution in [3.63, 3.8) is 0 Å². The Hall–Kier alpha value is -1.59. The number of rotatable bonds is 7. The van der Waals surface area contributed by atoms with Gasteiger partial charge in [0, 0.05) is 6.54 Å². The van der Waals surface area contributed by atoms with Crippen LogP contribution in [0, 0.1) is 0 Å². The summed E-state index contributed by atoms with van der Waals surface area (Å²) in [4.78, 5) is 14.3. The number of nitrogens with zero attached hydrogens (tertiary/aromatic N) is 1. The maximum Gasteiger partial charge on any atom is 0.238 e. The molecule has 0 aliphatic heterocycles. The number of methoxy groups -OCH3 is 1. The van der Waals surface area contributed by atoms with E-state index in [0.717, 1.165) is 32.2 Å². The normalized spacial score (nSPS) is 17.0. The Balaban J connectivity index is 1.91. The van der Waals surface area contributed by atoms with Gasteiger partial charge in [-0.15, -0.1) is 0 Å². The summed E-state index contributed by atoms with van der Waals surface area (Å²) in [5.74, 6) is 0.561. The van der Waals surface area contributed by atoms with Gasteiger partial charge in [-0.05, 0) is 31.5 Å². The molecule has 0 heterocycles. The maximum absolute atomic E-state index is 12.3. The monoisotopic (exact) mass is 320 g/mol. The third kappa shape index (κ3) is 5.22. The summed E-state index contributed by atoms with van der Waals surface area (Å²) in [7, 11) is 1.59. The van der Waals surface area contributed by atoms with Gasteiger partial charge in [-0.3, -0.25) is 9.69 Å². The Labute approximate surface area is 138 Å². The molecule has 0 radical (unpaired) electrons. The van der Waals surface area contributed by atoms with Crippen LogP contribution in [-0.2, 0) is 4.79 Å². The third-order valence-corrected chi connectivity index (χ3v) is 4.50. The molecule has 1 saturated carbocycles. The summed E-state index contributed by atoms with van der Waals surface area (Å²) in [6, 6.07) is 7.37. The lowest BCUT2D eigenvalue weighted by atomic mass is 9.84. The second-order valence-electron chi connectivity index (χ2n) is 6.34. The van der Waals surface area contributed by atoms with Crippen molar-refractivity contribution in [3.8, 4) is 5.75 Å². The van der Waals surface area contributed by atoms with Gasteiger partial charge >= 0.3 is 0 Å². The molecule has 23 heavy (non-hydrogen) atoms. The predicted octanol–water partition coefficient (Wildman–Crippen LogP) is 2.65. The minimum absolute atomic E-state index is 0.0873. The molecule has 128 valence electrons. The van der Waals surface area contributed by atoms with E-state index in [2.05, 4.69) is 5.32 Å². The Kier molecular flexibility index (Phi) is 6.42. The summed E-state index contributed by atoms with van der Waals surface area (Å²) in [5.41, 5.74) is 0.0336. The summed E-state index contributed by atoms with van der Waals surface area (Å²) in [6.45, 7) is 3.59. The van der Waals surface area contributed by atoms with Crippen molar-refractivity contribution in [3.05, 3.63) is 24.3 Å². The standard InChI is InChI=1S/C18H28N2O3/c1-3-20(14-18(22)11-7-4-8-12-18)13-17(21)19-15-9-5-6-10-16(15)23-2/h5-6,9-10,22H,3-4,7-8,11-14H2,1-2H3,(H,19,21). The first-order valence-corrected chi connectivity index (χ1v) is 8.44. The van der Waals surface area contributed by atoms with Gasteiger partial charge in [-0.2, -0.15) is 0 Å². The second-order valence-corrected chi connectivity index (χ2v) is 6.34. The van der Waals surface area contributed by atoms with E-state index >= 15 is 0 Å². The molecule has 0 aromatic heterocycles. The van der Waals surface area contributed by atoms with Gasteiger partial charge in [0.15, 0.2) is 0 Å². The van der Waals surface area contributed by atoms with Crippen LogP contribution in [0.4, 0.5) is 5.69 Å². The number of carbonyl (C=O) groups excluding carboxylic acids is 1. The van der Waals surface area contributed by atoms with Gasteiger partial charge in [0.05, 0.1) is 24.9 Å². The molecule has 0 spiro atoms. The molecule has 1 aromatic rings. The Morgan fingerprint density at radius 2 is 2.00 bits per heavy atom. The van der Waals surface area contributed by atoms with Gasteiger partial charge < -0.3 is 15.2 Å². The fourth-order valence-corrected chi connectivity index (χ4v) is 3.20. The zero-order valence-corrected chi connectivity index (χ0v) is 14.2. The number of benzene rings is 1. The zero-order chi connectivity index (χ0) is 16.7. The number of aliphatic hydroxyl groups is 1. The molecule has 0 bridgehead atoms. The summed E-state index contributed by atoms with van der Waals surface area (Å²) < 4.78 is 5.25. The highest BCUT2D eigenvalue weighted by Crippen LogP contribution is 2.29. The van der Waals surface area contributed by atoms with Crippen molar-refractivity contribution in [2.45, 2.75) is 44.6 Å². The van der Waals surface area contributed by atoms with Crippen LogP contribution in [0.15, 0.2) is 24.3 Å². The van der Waals surface area contributed by atoms with Gasteiger partial charge in [0.25, 0.3) is 0 Å². The van der Waals surface area contributed by atoms with Crippen molar-refractivity contribution >= 4 is 11.6 Å². The number of ether oxygens (including phenoxy) is 1. The van der Waals surface area contributed by atoms with Crippen LogP contribution < -0.4 is 10.1 Å². The van der Waals surface area contributed by atoms with E-state index in [4.69, 9.17) is 4.74 Å². The van der Waals surface area contributed by atoms with Crippen LogP contribution in [0.3, 0.4) is 0 Å². The quantitative estimate of drug-likeness (QED) is 0.811. The summed E-state index contributed by atoms with van der Waals surface area (Å²) >= 11 is 0. The van der Waals surface area contributed by atoms with Crippen molar-refractivity contribution in [1.29, 1.82) is 0 Å². The highest BCUT2D eigenvalue weighted by atomic mass is 16.5. The average Bonchev–Trinajstić information content (AvgIpc) is 2.55. The lowest BCUT2D eigenvalue weighted by Crippen LogP contribution is -2.46. The minimum Gasteiger partial charge on any atom is -0.495 e. The summed E-state index contributed by atoms with van der Waals surface area (Å²) in [5, 5.41) is 13.6. The molecule has 1 aliphatic rings. The van der Waals surface area contributed by atoms with Gasteiger partial charge in [-0.25, -0.2) is 0 Å². The Morgan fingerprint density at radius 3 is 2.65 bits per heavy atom. The van der Waals surface area contributed by atoms with E-state index in [9.17, 15) is 9.90 Å². The Bertz CT molecular complexity index is 513. The maximum atomic E-state index is 12.3. The van der Waals surface area contributed by atoms with E-state index in [1.165, 1.54) is 6.42 Å². The largest absolute Gasteiger partial charge is 0.495 e. The first kappa shape index (κ1) is 17.8. The topological polar surface area (TPSA) is 61.8 Å². The number of anilines is 1. The van der Waals surface area contributed by atoms with E-state index in [1.807, 2.05) is 36.1 Å². The fourth-order valence-electron chi connectivity index (χ4n) is 3.20. The molecule has 0 atom stereocenters. The number of carbonyl (C=O) groups is 1. The fraction of sp³-hybridized carbons (Fsp3) is 0.611. The summed E-state index contributed by atoms with van der Waals surface area (Å²) in [6.07, 6.45) is 5.00. The lowest BCUT2D eigenvalue weighted by Gasteiger charge is -2.36. The molecule has 5 nitrogen and oxygen atoms in total. The molecule has 5 heteroatoms. The van der Waals surface area contributed by atoms with Gasteiger partial charge in [0.1, 0.15) is 5.75 Å². The van der Waals surface area contributed by atoms with Gasteiger partial charge in [0.2, 0.25) is 5.91 Å². The van der Waals surface area contributed by atoms with Crippen LogP contribution in [-0.4, -0.2) is 48.3 Å². The number of nitrogens with one attached hydrogen (secondary N) is 1. The Morgan fingerprint density at radius 1 is 1.30 bits per heavy atom. The molecular formula is C18H28N2O3. The number of hydrogen-bond donors (Lipinski definition) is 2. The van der Waals surface area contributed by atoms with Crippen LogP contribution in [0.2, 0.25) is 0 Å². The highest BCUT2D eigenvalue weighted by molar-refractivity contribution is 5.93. The number of likely N-dealkylation sites (N-methyl/N-ethyl adjacent to an activating group) is 1. The second kappa shape index (κ2) is 8.31. The molecule has 0 unspecified atom stereocenters. The van der Waals surface area contributed by atoms with Crippen molar-refractivity contribution < 1.29 is 14.6 Å². The molecular weight excluding hydrogens is 292 g/mol. The molecule has 1 amide bonds. The first-order chi connectivity index (χ1) is 11.1. The van der Waals surface area contributed by atoms with Crippen LogP contribution in [0.1, 0.15) is 39.0 Å². The minimum atomic E-state index is -0.640. The van der Waals surface area contributed by atoms with Crippen LogP contribution in [0.25, 0.3) is 0 Å². The van der Waals surface area contributed by atoms with E-state index in [-0.39, 0.29) is 12.5 Å². The van der Waals surface area contributed by atoms with E-state index in [0.29, 0.717) is 18.0 Å². The van der Waals surface area contributed by atoms with E-state index < -0.39 is 5.60 Å². The zero-order valence-electron chi connectivity index (χ0n) is 14.2. The first-order valence-electron chi connectivity index (χ1n) is 8.44. The third-order valence-electron chi connectivity index (χ3n) is 4.50. The SMILES string of the molecule is CCN(CC(=O)Nc1ccccc1OC)CC1(O)CCCCC1. The molecule has 1 fully saturated rings. The van der Waals surface area contributed by atoms with Crippen molar-refractivity contribution in [2.24, 2.45) is 0 Å². The number of amides is 1. The van der Waals surface area contributed by atoms with E-state index in [1.54, 1.807) is 7.11 Å². The van der Waals surface area contributed by atoms with Crippen LogP contribution >= 0.6 is 0 Å². The lowest BCUT2D eigenvalue weighted by molar-refractivity contribution is -0.118. The van der Waals surface area contributed by atoms with Crippen LogP contribution in [0.5, 0.6) is 5.75 Å². The number of hydrogen-bond acceptors (Lipinski definition) is 4. The smallest absolute Gasteiger partial charge is 0.238 e. The number of para-hydroxylation sites is 2. The van der Waals surface area contributed by atoms with Gasteiger partial charge in [-0.1, -0.05) is 38.3 Å². The molecule has 1 aliphatic carbocycles. The van der Waals surface area contributed by atoms with Crippen molar-refractivity contribution in [2.75, 3.05) is 32.1 Å². The molecule has 1 aromatic carbocycles. The average molecular weight is 320 g/mol. The molecule has 0 saturated heterocycles. The predicted molar refractivity (Wildman–Crippen MR) is 91.8 cm³/mol.